The lowest BCUT2D eigenvalue weighted by molar-refractivity contribution is 0.0728. The van der Waals surface area contributed by atoms with E-state index < -0.39 is 5.97 Å². The molecule has 2 aromatic rings. The summed E-state index contributed by atoms with van der Waals surface area (Å²) >= 11 is 0. The maximum Gasteiger partial charge on any atom is 0.362 e. The molecule has 5 nitrogen and oxygen atoms in total. The summed E-state index contributed by atoms with van der Waals surface area (Å²) in [5.41, 5.74) is 5.63. The predicted octanol–water partition coefficient (Wildman–Crippen LogP) is 1.28. The lowest BCUT2D eigenvalue weighted by Crippen LogP contribution is -2.11. The second-order valence-electron chi connectivity index (χ2n) is 3.03. The van der Waals surface area contributed by atoms with Crippen LogP contribution < -0.4 is 10.5 Å². The average Bonchev–Trinajstić information content (AvgIpc) is 2.30. The Morgan fingerprint density at radius 3 is 2.81 bits per heavy atom. The fourth-order valence-electron chi connectivity index (χ4n) is 1.13. The molecule has 2 aromatic heterocycles. The van der Waals surface area contributed by atoms with Gasteiger partial charge in [-0.1, -0.05) is 6.07 Å². The number of ether oxygens (including phenoxy) is 1. The van der Waals surface area contributed by atoms with E-state index >= 15 is 0 Å². The van der Waals surface area contributed by atoms with E-state index in [1.807, 2.05) is 0 Å². The number of carbonyl (C=O) groups is 1. The van der Waals surface area contributed by atoms with Gasteiger partial charge in [0.25, 0.3) is 0 Å². The summed E-state index contributed by atoms with van der Waals surface area (Å²) in [6.45, 7) is 0. The number of esters is 1. The molecule has 2 N–H and O–H groups in total. The van der Waals surface area contributed by atoms with Gasteiger partial charge in [-0.3, -0.25) is 4.98 Å². The Morgan fingerprint density at radius 2 is 2.12 bits per heavy atom. The molecule has 0 radical (unpaired) electrons. The SMILES string of the molecule is Nc1cccc(C(=O)Oc2cccnc2)n1. The maximum atomic E-state index is 11.6. The summed E-state index contributed by atoms with van der Waals surface area (Å²) in [5, 5.41) is 0. The van der Waals surface area contributed by atoms with Crippen molar-refractivity contribution < 1.29 is 9.53 Å². The first-order valence-corrected chi connectivity index (χ1v) is 4.60. The Hall–Kier alpha value is -2.43. The third-order valence-corrected chi connectivity index (χ3v) is 1.82. The zero-order valence-electron chi connectivity index (χ0n) is 8.33. The summed E-state index contributed by atoms with van der Waals surface area (Å²) in [7, 11) is 0. The van der Waals surface area contributed by atoms with E-state index in [0.29, 0.717) is 5.75 Å². The van der Waals surface area contributed by atoms with Crippen LogP contribution in [0.15, 0.2) is 42.7 Å². The second-order valence-corrected chi connectivity index (χ2v) is 3.03. The predicted molar refractivity (Wildman–Crippen MR) is 57.8 cm³/mol. The van der Waals surface area contributed by atoms with Gasteiger partial charge < -0.3 is 10.5 Å². The highest BCUT2D eigenvalue weighted by Crippen LogP contribution is 2.09. The monoisotopic (exact) mass is 215 g/mol. The second kappa shape index (κ2) is 4.39. The summed E-state index contributed by atoms with van der Waals surface area (Å²) < 4.78 is 5.04. The molecule has 0 aliphatic heterocycles. The Kier molecular flexibility index (Phi) is 2.77. The Labute approximate surface area is 91.9 Å². The van der Waals surface area contributed by atoms with Crippen molar-refractivity contribution in [3.63, 3.8) is 0 Å². The number of carbonyl (C=O) groups excluding carboxylic acids is 1. The van der Waals surface area contributed by atoms with Gasteiger partial charge in [-0.25, -0.2) is 9.78 Å². The largest absolute Gasteiger partial charge is 0.420 e. The quantitative estimate of drug-likeness (QED) is 0.763. The Balaban J connectivity index is 2.15. The van der Waals surface area contributed by atoms with Crippen molar-refractivity contribution in [1.29, 1.82) is 0 Å². The van der Waals surface area contributed by atoms with Gasteiger partial charge in [0.15, 0.2) is 5.69 Å². The molecule has 0 atom stereocenters. The average molecular weight is 215 g/mol. The van der Waals surface area contributed by atoms with Crippen molar-refractivity contribution in [1.82, 2.24) is 9.97 Å². The van der Waals surface area contributed by atoms with Gasteiger partial charge in [-0.15, -0.1) is 0 Å². The van der Waals surface area contributed by atoms with E-state index in [-0.39, 0.29) is 11.5 Å². The molecule has 2 heterocycles. The van der Waals surface area contributed by atoms with Gasteiger partial charge in [0.1, 0.15) is 11.6 Å². The molecule has 0 unspecified atom stereocenters. The van der Waals surface area contributed by atoms with E-state index in [1.165, 1.54) is 12.3 Å². The molecule has 0 saturated heterocycles. The standard InChI is InChI=1S/C11H9N3O2/c12-10-5-1-4-9(14-10)11(15)16-8-3-2-6-13-7-8/h1-7H,(H2,12,14). The summed E-state index contributed by atoms with van der Waals surface area (Å²) in [6, 6.07) is 8.09. The highest BCUT2D eigenvalue weighted by atomic mass is 16.5. The smallest absolute Gasteiger partial charge is 0.362 e. The normalized spacial score (nSPS) is 9.75. The number of anilines is 1. The van der Waals surface area contributed by atoms with Gasteiger partial charge in [0.05, 0.1) is 6.20 Å². The molecule has 5 heteroatoms. The summed E-state index contributed by atoms with van der Waals surface area (Å²) in [6.07, 6.45) is 3.04. The van der Waals surface area contributed by atoms with Gasteiger partial charge in [0.2, 0.25) is 0 Å². The number of pyridine rings is 2. The van der Waals surface area contributed by atoms with Crippen molar-refractivity contribution in [3.05, 3.63) is 48.4 Å². The summed E-state index contributed by atoms with van der Waals surface area (Å²) in [5.74, 6) is 0.0951. The highest BCUT2D eigenvalue weighted by molar-refractivity contribution is 5.89. The first-order chi connectivity index (χ1) is 7.75. The molecule has 0 aliphatic carbocycles. The molecule has 16 heavy (non-hydrogen) atoms. The van der Waals surface area contributed by atoms with Gasteiger partial charge in [-0.05, 0) is 24.3 Å². The molecular formula is C11H9N3O2. The van der Waals surface area contributed by atoms with Crippen molar-refractivity contribution >= 4 is 11.8 Å². The molecule has 0 saturated carbocycles. The van der Waals surface area contributed by atoms with Crippen LogP contribution in [0.4, 0.5) is 5.82 Å². The van der Waals surface area contributed by atoms with Gasteiger partial charge >= 0.3 is 5.97 Å². The van der Waals surface area contributed by atoms with Crippen molar-refractivity contribution in [2.45, 2.75) is 0 Å². The lowest BCUT2D eigenvalue weighted by atomic mass is 10.3. The molecule has 80 valence electrons. The third-order valence-electron chi connectivity index (χ3n) is 1.82. The molecule has 0 bridgehead atoms. The van der Waals surface area contributed by atoms with Crippen LogP contribution >= 0.6 is 0 Å². The number of hydrogen-bond acceptors (Lipinski definition) is 5. The third kappa shape index (κ3) is 2.33. The number of nitrogens with two attached hydrogens (primary N) is 1. The Morgan fingerprint density at radius 1 is 1.25 bits per heavy atom. The van der Waals surface area contributed by atoms with E-state index in [4.69, 9.17) is 10.5 Å². The van der Waals surface area contributed by atoms with Crippen molar-refractivity contribution in [2.24, 2.45) is 0 Å². The van der Waals surface area contributed by atoms with E-state index in [9.17, 15) is 4.79 Å². The minimum Gasteiger partial charge on any atom is -0.420 e. The van der Waals surface area contributed by atoms with Crippen molar-refractivity contribution in [2.75, 3.05) is 5.73 Å². The van der Waals surface area contributed by atoms with Crippen LogP contribution in [-0.2, 0) is 0 Å². The van der Waals surface area contributed by atoms with Crippen LogP contribution in [0.2, 0.25) is 0 Å². The number of nitrogens with zero attached hydrogens (tertiary/aromatic N) is 2. The number of aromatic nitrogens is 2. The molecule has 0 amide bonds. The zero-order chi connectivity index (χ0) is 11.4. The van der Waals surface area contributed by atoms with Crippen LogP contribution in [0.5, 0.6) is 5.75 Å². The molecule has 2 rings (SSSR count). The van der Waals surface area contributed by atoms with Crippen LogP contribution in [0.3, 0.4) is 0 Å². The Bertz CT molecular complexity index is 500. The van der Waals surface area contributed by atoms with Gasteiger partial charge in [0, 0.05) is 6.20 Å². The first-order valence-electron chi connectivity index (χ1n) is 4.60. The fraction of sp³-hybridized carbons (Fsp3) is 0. The number of rotatable bonds is 2. The number of hydrogen-bond donors (Lipinski definition) is 1. The number of nitrogen functional groups attached to an aromatic ring is 1. The van der Waals surface area contributed by atoms with Crippen molar-refractivity contribution in [3.8, 4) is 5.75 Å². The minimum atomic E-state index is -0.555. The summed E-state index contributed by atoms with van der Waals surface area (Å²) in [4.78, 5) is 19.3. The van der Waals surface area contributed by atoms with Crippen LogP contribution in [-0.4, -0.2) is 15.9 Å². The minimum absolute atomic E-state index is 0.170. The highest BCUT2D eigenvalue weighted by Gasteiger charge is 2.09. The van der Waals surface area contributed by atoms with E-state index in [0.717, 1.165) is 0 Å². The molecule has 0 aromatic carbocycles. The molecule has 0 fully saturated rings. The molecule has 0 spiro atoms. The van der Waals surface area contributed by atoms with E-state index in [1.54, 1.807) is 30.5 Å². The maximum absolute atomic E-state index is 11.6. The lowest BCUT2D eigenvalue weighted by Gasteiger charge is -2.02. The van der Waals surface area contributed by atoms with Crippen LogP contribution in [0.1, 0.15) is 10.5 Å². The molecule has 0 aliphatic rings. The fourth-order valence-corrected chi connectivity index (χ4v) is 1.13. The molecular weight excluding hydrogens is 206 g/mol. The van der Waals surface area contributed by atoms with Gasteiger partial charge in [-0.2, -0.15) is 0 Å². The van der Waals surface area contributed by atoms with Crippen LogP contribution in [0.25, 0.3) is 0 Å². The van der Waals surface area contributed by atoms with E-state index in [2.05, 4.69) is 9.97 Å². The zero-order valence-corrected chi connectivity index (χ0v) is 8.33. The topological polar surface area (TPSA) is 78.1 Å². The van der Waals surface area contributed by atoms with Crippen LogP contribution in [0, 0.1) is 0 Å². The first kappa shape index (κ1) is 10.1.